The molecule has 0 N–H and O–H groups in total. The van der Waals surface area contributed by atoms with Crippen LogP contribution < -0.4 is 4.90 Å². The second kappa shape index (κ2) is 17.5. The van der Waals surface area contributed by atoms with E-state index < -0.39 is 116 Å². The number of carbonyl (C=O) groups is 8. The molecule has 0 aromatic carbocycles. The van der Waals surface area contributed by atoms with Crippen molar-refractivity contribution in [3.8, 4) is 0 Å². The lowest BCUT2D eigenvalue weighted by Gasteiger charge is -2.46. The summed E-state index contributed by atoms with van der Waals surface area (Å²) in [4.78, 5) is 98.2. The van der Waals surface area contributed by atoms with Gasteiger partial charge in [-0.05, 0) is 0 Å². The highest BCUT2D eigenvalue weighted by Gasteiger charge is 2.54. The van der Waals surface area contributed by atoms with E-state index in [4.69, 9.17) is 42.6 Å². The monoisotopic (exact) mass is 728 g/mol. The predicted octanol–water partition coefficient (Wildman–Crippen LogP) is -0.919. The Hall–Kier alpha value is -5.34. The minimum Gasteiger partial charge on any atom is -0.464 e. The van der Waals surface area contributed by atoms with Crippen LogP contribution in [0, 0.1) is 0 Å². The van der Waals surface area contributed by atoms with Crippen LogP contribution in [0.15, 0.2) is 6.20 Å². The molecule has 0 radical (unpaired) electrons. The van der Waals surface area contributed by atoms with E-state index in [1.165, 1.54) is 11.1 Å². The van der Waals surface area contributed by atoms with Gasteiger partial charge in [0.15, 0.2) is 48.7 Å². The number of esters is 8. The predicted molar refractivity (Wildman–Crippen MR) is 162 cm³/mol. The van der Waals surface area contributed by atoms with Gasteiger partial charge < -0.3 is 47.5 Å². The van der Waals surface area contributed by atoms with Crippen LogP contribution in [0.2, 0.25) is 0 Å². The molecule has 1 aromatic heterocycles. The fourth-order valence-electron chi connectivity index (χ4n) is 5.62. The SMILES string of the molecule is CC(=O)OC[C@H]1O[C@@H](n2cc(N3C[C@@H](OC(C)=O)[C@@H](OC(C)=O)[C@H](OC(C)=O)[C@@H]3COC(C)=O)nn2)[C@H](OC(C)=O)[C@@H](OC(C)=O)[C@@H]1OC(C)=O. The van der Waals surface area contributed by atoms with E-state index in [1.54, 1.807) is 0 Å². The first kappa shape index (κ1) is 40.1. The Morgan fingerprint density at radius 2 is 1.08 bits per heavy atom. The standard InChI is InChI=1S/C30H40N4O17/c1-13(35)43-11-21-25(46-16(4)38)26(47-17(5)39)22(45-15(3)37)9-33(21)24-10-34(32-31-24)30-29(50-20(8)42)28(49-19(7)41)27(48-18(6)40)23(51-30)12-44-14(2)36/h10,21-23,25-30H,9,11-12H2,1-8H3/t21-,22+,23+,25+,26+,27+,28-,29+,30+/m0/s1. The number of nitrogens with zero attached hydrogens (tertiary/aromatic N) is 4. The van der Waals surface area contributed by atoms with Gasteiger partial charge in [0.05, 0.1) is 12.7 Å². The maximum absolute atomic E-state index is 12.3. The maximum atomic E-state index is 12.3. The number of hydrogen-bond donors (Lipinski definition) is 0. The average Bonchev–Trinajstić information content (AvgIpc) is 3.47. The minimum absolute atomic E-state index is 0.0319. The number of rotatable bonds is 12. The van der Waals surface area contributed by atoms with E-state index in [0.29, 0.717) is 0 Å². The zero-order chi connectivity index (χ0) is 38.2. The number of anilines is 1. The van der Waals surface area contributed by atoms with E-state index in [1.807, 2.05) is 0 Å². The van der Waals surface area contributed by atoms with Crippen molar-refractivity contribution in [2.45, 2.75) is 110 Å². The topological polar surface area (TPSA) is 254 Å². The van der Waals surface area contributed by atoms with Gasteiger partial charge in [-0.1, -0.05) is 5.21 Å². The molecule has 0 spiro atoms. The molecule has 1 aromatic rings. The fraction of sp³-hybridized carbons (Fsp3) is 0.667. The zero-order valence-corrected chi connectivity index (χ0v) is 29.1. The number of carbonyl (C=O) groups excluding carboxylic acids is 8. The van der Waals surface area contributed by atoms with Crippen molar-refractivity contribution in [2.75, 3.05) is 24.7 Å². The van der Waals surface area contributed by atoms with Crippen LogP contribution in [0.25, 0.3) is 0 Å². The third kappa shape index (κ3) is 11.1. The molecule has 2 aliphatic rings. The number of aromatic nitrogens is 3. The van der Waals surface area contributed by atoms with Gasteiger partial charge in [0.25, 0.3) is 0 Å². The van der Waals surface area contributed by atoms with E-state index in [9.17, 15) is 38.4 Å². The molecule has 2 aliphatic heterocycles. The smallest absolute Gasteiger partial charge is 0.303 e. The maximum Gasteiger partial charge on any atom is 0.303 e. The van der Waals surface area contributed by atoms with Crippen LogP contribution in [-0.4, -0.2) is 131 Å². The molecule has 21 heteroatoms. The number of hydrogen-bond acceptors (Lipinski definition) is 20. The highest BCUT2D eigenvalue weighted by molar-refractivity contribution is 5.70. The first-order valence-corrected chi connectivity index (χ1v) is 15.5. The molecule has 51 heavy (non-hydrogen) atoms. The Labute approximate surface area is 291 Å². The highest BCUT2D eigenvalue weighted by Crippen LogP contribution is 2.36. The van der Waals surface area contributed by atoms with Crippen LogP contribution >= 0.6 is 0 Å². The van der Waals surface area contributed by atoms with Gasteiger partial charge in [-0.15, -0.1) is 5.10 Å². The van der Waals surface area contributed by atoms with E-state index >= 15 is 0 Å². The van der Waals surface area contributed by atoms with E-state index in [0.717, 1.165) is 60.1 Å². The minimum atomic E-state index is -1.53. The summed E-state index contributed by atoms with van der Waals surface area (Å²) in [5, 5.41) is 8.30. The molecule has 0 saturated carbocycles. The molecule has 3 rings (SSSR count). The van der Waals surface area contributed by atoms with Gasteiger partial charge in [-0.2, -0.15) is 0 Å². The highest BCUT2D eigenvalue weighted by atomic mass is 16.7. The van der Waals surface area contributed by atoms with E-state index in [-0.39, 0.29) is 12.4 Å². The van der Waals surface area contributed by atoms with Gasteiger partial charge in [-0.3, -0.25) is 38.4 Å². The molecule has 21 nitrogen and oxygen atoms in total. The normalized spacial score (nSPS) is 27.2. The summed E-state index contributed by atoms with van der Waals surface area (Å²) >= 11 is 0. The molecule has 2 fully saturated rings. The van der Waals surface area contributed by atoms with Crippen molar-refractivity contribution in [3.63, 3.8) is 0 Å². The van der Waals surface area contributed by atoms with Gasteiger partial charge in [0.1, 0.15) is 25.4 Å². The van der Waals surface area contributed by atoms with E-state index in [2.05, 4.69) is 10.3 Å². The van der Waals surface area contributed by atoms with Crippen LogP contribution in [0.1, 0.15) is 61.6 Å². The summed E-state index contributed by atoms with van der Waals surface area (Å²) in [7, 11) is 0. The summed E-state index contributed by atoms with van der Waals surface area (Å²) in [5.41, 5.74) is 0. The van der Waals surface area contributed by atoms with Crippen LogP contribution in [0.5, 0.6) is 0 Å². The fourth-order valence-corrected chi connectivity index (χ4v) is 5.62. The Kier molecular flexibility index (Phi) is 13.8. The lowest BCUT2D eigenvalue weighted by molar-refractivity contribution is -0.270. The van der Waals surface area contributed by atoms with Crippen LogP contribution in [-0.2, 0) is 81.0 Å². The van der Waals surface area contributed by atoms with Gasteiger partial charge in [-0.25, -0.2) is 4.68 Å². The average molecular weight is 729 g/mol. The zero-order valence-electron chi connectivity index (χ0n) is 29.1. The molecule has 9 atom stereocenters. The molecular formula is C30H40N4O17. The summed E-state index contributed by atoms with van der Waals surface area (Å²) < 4.78 is 50.4. The molecule has 282 valence electrons. The van der Waals surface area contributed by atoms with Crippen molar-refractivity contribution in [1.29, 1.82) is 0 Å². The Balaban J connectivity index is 2.16. The molecule has 0 amide bonds. The van der Waals surface area contributed by atoms with Gasteiger partial charge in [0, 0.05) is 55.4 Å². The van der Waals surface area contributed by atoms with Crippen molar-refractivity contribution >= 4 is 53.6 Å². The molecule has 0 bridgehead atoms. The summed E-state index contributed by atoms with van der Waals surface area (Å²) in [5.74, 6) is -6.34. The van der Waals surface area contributed by atoms with Crippen LogP contribution in [0.4, 0.5) is 5.82 Å². The second-order valence-corrected chi connectivity index (χ2v) is 11.5. The first-order valence-electron chi connectivity index (χ1n) is 15.5. The number of piperidine rings is 1. The molecule has 0 aliphatic carbocycles. The summed E-state index contributed by atoms with van der Waals surface area (Å²) in [6, 6.07) is -1.12. The Morgan fingerprint density at radius 3 is 1.61 bits per heavy atom. The Bertz CT molecular complexity index is 1500. The second-order valence-electron chi connectivity index (χ2n) is 11.5. The quantitative estimate of drug-likeness (QED) is 0.186. The third-order valence-corrected chi connectivity index (χ3v) is 7.24. The molecule has 3 heterocycles. The van der Waals surface area contributed by atoms with Crippen molar-refractivity contribution < 1.29 is 81.0 Å². The van der Waals surface area contributed by atoms with Crippen molar-refractivity contribution in [1.82, 2.24) is 15.0 Å². The third-order valence-electron chi connectivity index (χ3n) is 7.24. The molecular weight excluding hydrogens is 688 g/mol. The summed E-state index contributed by atoms with van der Waals surface area (Å²) in [6.07, 6.45) is -9.98. The van der Waals surface area contributed by atoms with Gasteiger partial charge >= 0.3 is 47.8 Å². The summed E-state index contributed by atoms with van der Waals surface area (Å²) in [6.45, 7) is 7.57. The van der Waals surface area contributed by atoms with Crippen molar-refractivity contribution in [3.05, 3.63) is 6.20 Å². The Morgan fingerprint density at radius 1 is 0.608 bits per heavy atom. The van der Waals surface area contributed by atoms with Crippen LogP contribution in [0.3, 0.4) is 0 Å². The molecule has 0 unspecified atom stereocenters. The van der Waals surface area contributed by atoms with Gasteiger partial charge in [0.2, 0.25) is 0 Å². The molecule has 2 saturated heterocycles. The van der Waals surface area contributed by atoms with Crippen molar-refractivity contribution in [2.24, 2.45) is 0 Å². The largest absolute Gasteiger partial charge is 0.464 e. The lowest BCUT2D eigenvalue weighted by atomic mass is 9.93. The lowest BCUT2D eigenvalue weighted by Crippen LogP contribution is -2.66. The number of ether oxygens (including phenoxy) is 9. The first-order chi connectivity index (χ1) is 23.9.